The van der Waals surface area contributed by atoms with Crippen molar-refractivity contribution in [3.05, 3.63) is 59.7 Å². The summed E-state index contributed by atoms with van der Waals surface area (Å²) in [6, 6.07) is 14.4. The summed E-state index contributed by atoms with van der Waals surface area (Å²) in [5.74, 6) is 1.21. The summed E-state index contributed by atoms with van der Waals surface area (Å²) in [5.41, 5.74) is 2.10. The topological polar surface area (TPSA) is 105 Å². The summed E-state index contributed by atoms with van der Waals surface area (Å²) in [5, 5.41) is 37.7. The molecule has 2 aromatic rings. The van der Waals surface area contributed by atoms with Crippen LogP contribution in [0.4, 0.5) is 0 Å². The van der Waals surface area contributed by atoms with E-state index in [1.807, 2.05) is 24.3 Å². The Morgan fingerprint density at radius 1 is 0.897 bits per heavy atom. The number of nitrogens with one attached hydrogen (secondary N) is 1. The summed E-state index contributed by atoms with van der Waals surface area (Å²) in [6.07, 6.45) is 0.400. The molecular weight excluding hydrogens is 394 g/mol. The zero-order chi connectivity index (χ0) is 21.7. The van der Waals surface area contributed by atoms with Crippen molar-refractivity contribution in [2.75, 3.05) is 38.8 Å². The van der Waals surface area contributed by atoms with E-state index in [-0.39, 0.29) is 30.1 Å². The van der Waals surface area contributed by atoms with Crippen molar-refractivity contribution in [3.8, 4) is 11.5 Å². The van der Waals surface area contributed by atoms with Gasteiger partial charge in [-0.1, -0.05) is 38.1 Å². The van der Waals surface area contributed by atoms with Crippen LogP contribution >= 0.6 is 11.6 Å². The Kier molecular flexibility index (Phi) is 11.7. The first-order chi connectivity index (χ1) is 13.8. The van der Waals surface area contributed by atoms with E-state index in [1.54, 1.807) is 24.3 Å². The fraction of sp³-hybridized carbons (Fsp3) is 0.455. The van der Waals surface area contributed by atoms with Gasteiger partial charge < -0.3 is 30.5 Å². The quantitative estimate of drug-likeness (QED) is 0.265. The van der Waals surface area contributed by atoms with E-state index in [1.165, 1.54) is 0 Å². The lowest BCUT2D eigenvalue weighted by atomic mass is 9.78. The monoisotopic (exact) mass is 425 g/mol. The van der Waals surface area contributed by atoms with Crippen LogP contribution in [-0.2, 0) is 10.2 Å². The molecule has 0 radical (unpaired) electrons. The molecule has 0 amide bonds. The molecule has 3 rings (SSSR count). The van der Waals surface area contributed by atoms with Crippen molar-refractivity contribution in [2.24, 2.45) is 0 Å². The average Bonchev–Trinajstić information content (AvgIpc) is 3.55. The lowest BCUT2D eigenvalue weighted by molar-refractivity contribution is 0.266. The molecule has 7 heteroatoms. The Balaban J connectivity index is 0.000000287. The molecule has 0 aliphatic carbocycles. The number of phenolic OH excluding ortho intramolecular Hbond substituents is 2. The molecule has 2 aromatic carbocycles. The van der Waals surface area contributed by atoms with Crippen LogP contribution in [0.3, 0.4) is 0 Å². The number of hydrogen-bond acceptors (Lipinski definition) is 6. The predicted molar refractivity (Wildman–Crippen MR) is 116 cm³/mol. The third kappa shape index (κ3) is 9.96. The lowest BCUT2D eigenvalue weighted by Crippen LogP contribution is -2.21. The molecule has 0 bridgehead atoms. The minimum Gasteiger partial charge on any atom is -0.508 e. The van der Waals surface area contributed by atoms with E-state index < -0.39 is 0 Å². The van der Waals surface area contributed by atoms with Gasteiger partial charge in [0.05, 0.1) is 31.8 Å². The van der Waals surface area contributed by atoms with Crippen LogP contribution in [0.2, 0.25) is 0 Å². The number of rotatable bonds is 7. The molecule has 6 nitrogen and oxygen atoms in total. The highest BCUT2D eigenvalue weighted by atomic mass is 35.5. The first-order valence-electron chi connectivity index (χ1n) is 9.54. The van der Waals surface area contributed by atoms with E-state index in [2.05, 4.69) is 19.2 Å². The molecule has 1 atom stereocenters. The second kappa shape index (κ2) is 13.4. The number of halogens is 1. The van der Waals surface area contributed by atoms with Gasteiger partial charge in [0.25, 0.3) is 0 Å². The van der Waals surface area contributed by atoms with Gasteiger partial charge in [0, 0.05) is 18.5 Å². The molecule has 162 valence electrons. The molecule has 1 aliphatic rings. The SMILES string of the molecule is CC(C)(c1ccc(O)cc1)c1ccc(O)cc1.ClCC1CO1.OCCNCCO. The zero-order valence-corrected chi connectivity index (χ0v) is 17.8. The van der Waals surface area contributed by atoms with Crippen LogP contribution in [0.15, 0.2) is 48.5 Å². The van der Waals surface area contributed by atoms with Gasteiger partial charge in [-0.2, -0.15) is 0 Å². The van der Waals surface area contributed by atoms with Crippen molar-refractivity contribution in [2.45, 2.75) is 25.4 Å². The summed E-state index contributed by atoms with van der Waals surface area (Å²) >= 11 is 5.27. The molecule has 1 aliphatic heterocycles. The number of phenols is 2. The number of aliphatic hydroxyl groups excluding tert-OH is 2. The van der Waals surface area contributed by atoms with E-state index in [0.29, 0.717) is 25.1 Å². The van der Waals surface area contributed by atoms with Gasteiger partial charge in [0.2, 0.25) is 0 Å². The maximum atomic E-state index is 9.30. The number of aromatic hydroxyl groups is 2. The van der Waals surface area contributed by atoms with Crippen molar-refractivity contribution >= 4 is 11.6 Å². The zero-order valence-electron chi connectivity index (χ0n) is 17.0. The van der Waals surface area contributed by atoms with E-state index >= 15 is 0 Å². The van der Waals surface area contributed by atoms with Gasteiger partial charge in [-0.3, -0.25) is 0 Å². The van der Waals surface area contributed by atoms with Crippen molar-refractivity contribution in [1.29, 1.82) is 0 Å². The molecule has 29 heavy (non-hydrogen) atoms. The fourth-order valence-electron chi connectivity index (χ4n) is 2.36. The number of benzene rings is 2. The second-order valence-electron chi connectivity index (χ2n) is 7.03. The molecule has 5 N–H and O–H groups in total. The number of hydrogen-bond donors (Lipinski definition) is 5. The molecule has 1 unspecified atom stereocenters. The van der Waals surface area contributed by atoms with Crippen LogP contribution in [-0.4, -0.2) is 65.3 Å². The molecule has 0 spiro atoms. The summed E-state index contributed by atoms with van der Waals surface area (Å²) in [7, 11) is 0. The Bertz CT molecular complexity index is 621. The second-order valence-corrected chi connectivity index (χ2v) is 7.33. The third-order valence-corrected chi connectivity index (χ3v) is 4.67. The summed E-state index contributed by atoms with van der Waals surface area (Å²) < 4.78 is 4.73. The fourth-order valence-corrected chi connectivity index (χ4v) is 2.54. The van der Waals surface area contributed by atoms with E-state index in [0.717, 1.165) is 17.7 Å². The predicted octanol–water partition coefficient (Wildman–Crippen LogP) is 2.61. The highest BCUT2D eigenvalue weighted by Crippen LogP contribution is 2.32. The van der Waals surface area contributed by atoms with Crippen LogP contribution < -0.4 is 5.32 Å². The highest BCUT2D eigenvalue weighted by molar-refractivity contribution is 6.18. The Morgan fingerprint density at radius 3 is 1.52 bits per heavy atom. The molecule has 1 heterocycles. The van der Waals surface area contributed by atoms with Gasteiger partial charge in [-0.15, -0.1) is 11.6 Å². The Morgan fingerprint density at radius 2 is 1.28 bits per heavy atom. The molecular formula is C22H32ClNO5. The first-order valence-corrected chi connectivity index (χ1v) is 10.1. The lowest BCUT2D eigenvalue weighted by Gasteiger charge is -2.26. The van der Waals surface area contributed by atoms with Gasteiger partial charge in [-0.25, -0.2) is 0 Å². The normalized spacial score (nSPS) is 14.9. The maximum Gasteiger partial charge on any atom is 0.115 e. The van der Waals surface area contributed by atoms with Gasteiger partial charge in [0.15, 0.2) is 0 Å². The number of aliphatic hydroxyl groups is 2. The van der Waals surface area contributed by atoms with Crippen LogP contribution in [0.1, 0.15) is 25.0 Å². The number of ether oxygens (including phenoxy) is 1. The molecule has 1 fully saturated rings. The maximum absolute atomic E-state index is 9.30. The van der Waals surface area contributed by atoms with Gasteiger partial charge in [-0.05, 0) is 35.4 Å². The van der Waals surface area contributed by atoms with E-state index in [9.17, 15) is 10.2 Å². The van der Waals surface area contributed by atoms with Crippen molar-refractivity contribution in [1.82, 2.24) is 5.32 Å². The summed E-state index contributed by atoms with van der Waals surface area (Å²) in [4.78, 5) is 0. The largest absolute Gasteiger partial charge is 0.508 e. The third-order valence-electron chi connectivity index (χ3n) is 4.33. The molecule has 1 saturated heterocycles. The molecule has 0 aromatic heterocycles. The smallest absolute Gasteiger partial charge is 0.115 e. The average molecular weight is 426 g/mol. The summed E-state index contributed by atoms with van der Waals surface area (Å²) in [6.45, 7) is 6.53. The van der Waals surface area contributed by atoms with Gasteiger partial charge in [0.1, 0.15) is 11.5 Å². The minimum absolute atomic E-state index is 0.139. The first kappa shape index (κ1) is 25.2. The van der Waals surface area contributed by atoms with E-state index in [4.69, 9.17) is 26.6 Å². The minimum atomic E-state index is -0.151. The van der Waals surface area contributed by atoms with Crippen molar-refractivity contribution < 1.29 is 25.2 Å². The van der Waals surface area contributed by atoms with Crippen LogP contribution in [0, 0.1) is 0 Å². The molecule has 0 saturated carbocycles. The Hall–Kier alpha value is -1.83. The van der Waals surface area contributed by atoms with Crippen LogP contribution in [0.5, 0.6) is 11.5 Å². The number of epoxide rings is 1. The van der Waals surface area contributed by atoms with Crippen LogP contribution in [0.25, 0.3) is 0 Å². The van der Waals surface area contributed by atoms with Crippen molar-refractivity contribution in [3.63, 3.8) is 0 Å². The standard InChI is InChI=1S/C15H16O2.C4H11NO2.C3H5ClO/c1-15(2,11-3-7-13(16)8-4-11)12-5-9-14(17)10-6-12;6-3-1-5-2-4-7;4-1-3-2-5-3/h3-10,16-17H,1-2H3;5-7H,1-4H2;3H,1-2H2. The van der Waals surface area contributed by atoms with Gasteiger partial charge >= 0.3 is 0 Å². The highest BCUT2D eigenvalue weighted by Gasteiger charge is 2.22. The number of alkyl halides is 1. The Labute approximate surface area is 177 Å².